The van der Waals surface area contributed by atoms with Crippen LogP contribution in [0.5, 0.6) is 0 Å². The van der Waals surface area contributed by atoms with Gasteiger partial charge in [0.05, 0.1) is 18.8 Å². The van der Waals surface area contributed by atoms with Crippen LogP contribution in [0, 0.1) is 0 Å². The zero-order valence-corrected chi connectivity index (χ0v) is 18.9. The maximum atomic E-state index is 12.4. The van der Waals surface area contributed by atoms with E-state index < -0.39 is 0 Å². The smallest absolute Gasteiger partial charge is 0.325 e. The average Bonchev–Trinajstić information content (AvgIpc) is 2.74. The van der Waals surface area contributed by atoms with E-state index in [9.17, 15) is 4.79 Å². The van der Waals surface area contributed by atoms with Gasteiger partial charge in [0.1, 0.15) is 12.4 Å². The van der Waals surface area contributed by atoms with E-state index in [1.54, 1.807) is 0 Å². The van der Waals surface area contributed by atoms with Crippen molar-refractivity contribution in [1.29, 1.82) is 0 Å². The fraction of sp³-hybridized carbons (Fsp3) is 0.130. The molecule has 0 fully saturated rings. The summed E-state index contributed by atoms with van der Waals surface area (Å²) in [5, 5.41) is 0. The van der Waals surface area contributed by atoms with Crippen LogP contribution in [0.3, 0.4) is 0 Å². The molecule has 0 bridgehead atoms. The summed E-state index contributed by atoms with van der Waals surface area (Å²) >= 11 is 7.22. The molecule has 3 aromatic carbocycles. The fourth-order valence-electron chi connectivity index (χ4n) is 3.54. The Labute approximate surface area is 186 Å². The molecule has 0 radical (unpaired) electrons. The molecule has 29 heavy (non-hydrogen) atoms. The number of hydrogen-bond acceptors (Lipinski definition) is 4. The van der Waals surface area contributed by atoms with Crippen molar-refractivity contribution in [2.24, 2.45) is 4.99 Å². The van der Waals surface area contributed by atoms with Gasteiger partial charge in [-0.3, -0.25) is 4.79 Å². The molecular weight excluding hydrogens is 496 g/mol. The van der Waals surface area contributed by atoms with Crippen LogP contribution in [0.15, 0.2) is 86.7 Å². The third kappa shape index (κ3) is 4.00. The van der Waals surface area contributed by atoms with Crippen LogP contribution < -0.4 is 0 Å². The van der Waals surface area contributed by atoms with Crippen LogP contribution in [0.4, 0.5) is 5.69 Å². The number of benzene rings is 3. The highest BCUT2D eigenvalue weighted by atomic mass is 79.9. The standard InChI is InChI=1S/C23H18Br2N2O2/c1-29-21(28)14-27-22(15-7-3-2-4-8-15)18-13-16(24)11-12-20(18)26-23(27)17-9-5-6-10-19(17)25/h2-13,22H,14H2,1H3. The van der Waals surface area contributed by atoms with Crippen molar-refractivity contribution in [3.8, 4) is 0 Å². The predicted molar refractivity (Wildman–Crippen MR) is 121 cm³/mol. The minimum atomic E-state index is -0.316. The van der Waals surface area contributed by atoms with Crippen molar-refractivity contribution >= 4 is 49.4 Å². The van der Waals surface area contributed by atoms with Crippen molar-refractivity contribution in [2.45, 2.75) is 6.04 Å². The molecule has 0 N–H and O–H groups in total. The van der Waals surface area contributed by atoms with Crippen LogP contribution in [-0.2, 0) is 9.53 Å². The highest BCUT2D eigenvalue weighted by Gasteiger charge is 2.34. The first-order valence-corrected chi connectivity index (χ1v) is 10.7. The summed E-state index contributed by atoms with van der Waals surface area (Å²) in [6, 6.07) is 23.9. The van der Waals surface area contributed by atoms with Gasteiger partial charge in [-0.05, 0) is 29.8 Å². The Kier molecular flexibility index (Phi) is 5.83. The number of aliphatic imine (C=N–C) groups is 1. The van der Waals surface area contributed by atoms with E-state index in [1.807, 2.05) is 59.5 Å². The van der Waals surface area contributed by atoms with Gasteiger partial charge in [-0.2, -0.15) is 0 Å². The van der Waals surface area contributed by atoms with Crippen molar-refractivity contribution in [3.05, 3.63) is 98.4 Å². The van der Waals surface area contributed by atoms with E-state index in [0.29, 0.717) is 0 Å². The summed E-state index contributed by atoms with van der Waals surface area (Å²) in [6.07, 6.45) is 0. The molecule has 0 saturated heterocycles. The maximum absolute atomic E-state index is 12.4. The number of amidine groups is 1. The lowest BCUT2D eigenvalue weighted by Gasteiger charge is -2.38. The number of rotatable bonds is 4. The van der Waals surface area contributed by atoms with Gasteiger partial charge in [-0.25, -0.2) is 4.99 Å². The highest BCUT2D eigenvalue weighted by molar-refractivity contribution is 9.10. The van der Waals surface area contributed by atoms with Gasteiger partial charge in [0.25, 0.3) is 0 Å². The van der Waals surface area contributed by atoms with Crippen molar-refractivity contribution < 1.29 is 9.53 Å². The molecule has 1 atom stereocenters. The van der Waals surface area contributed by atoms with Gasteiger partial charge in [0, 0.05) is 20.1 Å². The molecule has 0 saturated carbocycles. The Morgan fingerprint density at radius 2 is 1.76 bits per heavy atom. The van der Waals surface area contributed by atoms with E-state index >= 15 is 0 Å². The Morgan fingerprint density at radius 1 is 1.03 bits per heavy atom. The number of nitrogens with zero attached hydrogens (tertiary/aromatic N) is 2. The largest absolute Gasteiger partial charge is 0.468 e. The number of carbonyl (C=O) groups is 1. The number of ether oxygens (including phenoxy) is 1. The molecule has 146 valence electrons. The zero-order valence-electron chi connectivity index (χ0n) is 15.7. The number of halogens is 2. The highest BCUT2D eigenvalue weighted by Crippen LogP contribution is 2.42. The molecule has 0 aliphatic carbocycles. The Morgan fingerprint density at radius 3 is 2.48 bits per heavy atom. The van der Waals surface area contributed by atoms with Crippen LogP contribution in [-0.4, -0.2) is 30.4 Å². The lowest BCUT2D eigenvalue weighted by atomic mass is 9.93. The second-order valence-corrected chi connectivity index (χ2v) is 8.41. The molecule has 3 aromatic rings. The van der Waals surface area contributed by atoms with E-state index in [-0.39, 0.29) is 18.6 Å². The summed E-state index contributed by atoms with van der Waals surface area (Å²) in [6.45, 7) is 0.0855. The monoisotopic (exact) mass is 512 g/mol. The van der Waals surface area contributed by atoms with Gasteiger partial charge < -0.3 is 9.64 Å². The summed E-state index contributed by atoms with van der Waals surface area (Å²) < 4.78 is 6.89. The van der Waals surface area contributed by atoms with Crippen molar-refractivity contribution in [1.82, 2.24) is 4.90 Å². The first-order valence-electron chi connectivity index (χ1n) is 9.10. The van der Waals surface area contributed by atoms with Crippen molar-refractivity contribution in [2.75, 3.05) is 13.7 Å². The third-order valence-corrected chi connectivity index (χ3v) is 6.04. The molecule has 4 nitrogen and oxygen atoms in total. The third-order valence-electron chi connectivity index (χ3n) is 4.85. The molecule has 0 aromatic heterocycles. The molecule has 6 heteroatoms. The van der Waals surface area contributed by atoms with Gasteiger partial charge in [-0.1, -0.05) is 80.4 Å². The summed E-state index contributed by atoms with van der Waals surface area (Å²) in [4.78, 5) is 19.3. The molecule has 1 aliphatic rings. The normalized spacial score (nSPS) is 15.5. The molecule has 1 unspecified atom stereocenters. The number of carbonyl (C=O) groups excluding carboxylic acids is 1. The lowest BCUT2D eigenvalue weighted by Crippen LogP contribution is -2.42. The fourth-order valence-corrected chi connectivity index (χ4v) is 4.38. The molecule has 0 spiro atoms. The molecule has 0 amide bonds. The summed E-state index contributed by atoms with van der Waals surface area (Å²) in [7, 11) is 1.41. The maximum Gasteiger partial charge on any atom is 0.325 e. The van der Waals surface area contributed by atoms with E-state index in [4.69, 9.17) is 9.73 Å². The van der Waals surface area contributed by atoms with Gasteiger partial charge in [0.2, 0.25) is 0 Å². The minimum Gasteiger partial charge on any atom is -0.468 e. The number of methoxy groups -OCH3 is 1. The second-order valence-electron chi connectivity index (χ2n) is 6.64. The lowest BCUT2D eigenvalue weighted by molar-refractivity contribution is -0.141. The molecule has 1 heterocycles. The number of hydrogen-bond donors (Lipinski definition) is 0. The van der Waals surface area contributed by atoms with Gasteiger partial charge >= 0.3 is 5.97 Å². The van der Waals surface area contributed by atoms with Crippen molar-refractivity contribution in [3.63, 3.8) is 0 Å². The van der Waals surface area contributed by atoms with Crippen LogP contribution in [0.1, 0.15) is 22.7 Å². The Bertz CT molecular complexity index is 1080. The molecule has 4 rings (SSSR count). The van der Waals surface area contributed by atoms with E-state index in [1.165, 1.54) is 7.11 Å². The Hall–Kier alpha value is -2.44. The topological polar surface area (TPSA) is 41.9 Å². The molecular formula is C23H18Br2N2O2. The van der Waals surface area contributed by atoms with Gasteiger partial charge in [0.15, 0.2) is 0 Å². The minimum absolute atomic E-state index is 0.0855. The van der Waals surface area contributed by atoms with Crippen LogP contribution in [0.25, 0.3) is 0 Å². The SMILES string of the molecule is COC(=O)CN1C(c2ccccc2Br)=Nc2ccc(Br)cc2C1c1ccccc1. The predicted octanol–water partition coefficient (Wildman–Crippen LogP) is 5.87. The number of esters is 1. The average molecular weight is 514 g/mol. The first kappa shape index (κ1) is 19.9. The second kappa shape index (κ2) is 8.51. The van der Waals surface area contributed by atoms with Crippen LogP contribution in [0.2, 0.25) is 0 Å². The zero-order chi connectivity index (χ0) is 20.4. The number of fused-ring (bicyclic) bond motifs is 1. The first-order chi connectivity index (χ1) is 14.1. The summed E-state index contributed by atoms with van der Waals surface area (Å²) in [5.41, 5.74) is 3.92. The summed E-state index contributed by atoms with van der Waals surface area (Å²) in [5.74, 6) is 0.413. The molecule has 1 aliphatic heterocycles. The van der Waals surface area contributed by atoms with E-state index in [2.05, 4.69) is 50.1 Å². The van der Waals surface area contributed by atoms with Crippen LogP contribution >= 0.6 is 31.9 Å². The Balaban J connectivity index is 1.97. The van der Waals surface area contributed by atoms with Gasteiger partial charge in [-0.15, -0.1) is 0 Å². The quantitative estimate of drug-likeness (QED) is 0.410. The van der Waals surface area contributed by atoms with E-state index in [0.717, 1.165) is 37.2 Å².